The van der Waals surface area contributed by atoms with Crippen molar-refractivity contribution in [2.24, 2.45) is 0 Å². The molecule has 0 atom stereocenters. The van der Waals surface area contributed by atoms with Gasteiger partial charge < -0.3 is 47.4 Å². The minimum Gasteiger partial charge on any atom is -0.494 e. The Hall–Kier alpha value is -10.5. The molecule has 0 bridgehead atoms. The van der Waals surface area contributed by atoms with Crippen LogP contribution in [0.15, 0.2) is 206 Å². The first-order chi connectivity index (χ1) is 45.3. The number of ether oxygens (including phenoxy) is 10. The van der Waals surface area contributed by atoms with Crippen molar-refractivity contribution < 1.29 is 80.9 Å². The topological polar surface area (TPSA) is 225 Å². The molecular formula is C74H71NO17S. The zero-order chi connectivity index (χ0) is 65.6. The van der Waals surface area contributed by atoms with Crippen molar-refractivity contribution in [1.29, 1.82) is 0 Å². The summed E-state index contributed by atoms with van der Waals surface area (Å²) < 4.78 is 55.5. The van der Waals surface area contributed by atoms with E-state index in [2.05, 4.69) is 19.7 Å². The van der Waals surface area contributed by atoms with Gasteiger partial charge in [0.25, 0.3) is 0 Å². The van der Waals surface area contributed by atoms with Gasteiger partial charge in [0, 0.05) is 33.9 Å². The van der Waals surface area contributed by atoms with Crippen molar-refractivity contribution in [3.8, 4) is 40.2 Å². The third-order valence-electron chi connectivity index (χ3n) is 14.1. The number of pyridine rings is 1. The van der Waals surface area contributed by atoms with E-state index in [0.717, 1.165) is 106 Å². The number of carbonyl (C=O) groups is 7. The quantitative estimate of drug-likeness (QED) is 0.00881. The molecule has 0 spiro atoms. The SMILES string of the molecule is C=CC(=O)OCCCCCCOc1ccc(OC(=O)c2ccc(OC(=O)c3ccc4c(c3)nc(Sc3ccc(OCCCCCCOC(=O)C=C)cc3)c3cc(C(=O)Oc5ccc(C(=O)Oc6ccc(OCCCCCCOC(=O)C=C)cc6)cc5)ccc34)cc2)cc1. The summed E-state index contributed by atoms with van der Waals surface area (Å²) in [5.74, 6) is -0.858. The summed E-state index contributed by atoms with van der Waals surface area (Å²) in [7, 11) is 0. The van der Waals surface area contributed by atoms with E-state index in [9.17, 15) is 33.6 Å². The highest BCUT2D eigenvalue weighted by Gasteiger charge is 2.19. The second kappa shape index (κ2) is 36.4. The second-order valence-corrected chi connectivity index (χ2v) is 22.0. The largest absolute Gasteiger partial charge is 0.494 e. The predicted molar refractivity (Wildman–Crippen MR) is 351 cm³/mol. The lowest BCUT2D eigenvalue weighted by Gasteiger charge is -2.13. The van der Waals surface area contributed by atoms with E-state index in [1.807, 2.05) is 24.3 Å². The van der Waals surface area contributed by atoms with Gasteiger partial charge in [-0.3, -0.25) is 0 Å². The van der Waals surface area contributed by atoms with E-state index in [0.29, 0.717) is 89.7 Å². The van der Waals surface area contributed by atoms with Crippen LogP contribution in [0, 0.1) is 0 Å². The van der Waals surface area contributed by atoms with Crippen molar-refractivity contribution >= 4 is 75.2 Å². The van der Waals surface area contributed by atoms with Crippen LogP contribution in [0.25, 0.3) is 21.7 Å². The van der Waals surface area contributed by atoms with Crippen LogP contribution in [-0.4, -0.2) is 86.4 Å². The van der Waals surface area contributed by atoms with Gasteiger partial charge in [0.2, 0.25) is 0 Å². The minimum atomic E-state index is -0.663. The van der Waals surface area contributed by atoms with E-state index in [-0.39, 0.29) is 33.8 Å². The maximum absolute atomic E-state index is 13.9. The molecule has 0 aliphatic carbocycles. The number of unbranched alkanes of at least 4 members (excludes halogenated alkanes) is 9. The monoisotopic (exact) mass is 1280 g/mol. The fraction of sp³-hybridized carbons (Fsp3) is 0.243. The first-order valence-corrected chi connectivity index (χ1v) is 31.4. The van der Waals surface area contributed by atoms with Gasteiger partial charge in [-0.1, -0.05) is 43.6 Å². The number of rotatable bonds is 37. The van der Waals surface area contributed by atoms with Gasteiger partial charge in [0.1, 0.15) is 45.3 Å². The highest BCUT2D eigenvalue weighted by molar-refractivity contribution is 7.99. The molecule has 7 aromatic carbocycles. The van der Waals surface area contributed by atoms with Crippen LogP contribution < -0.4 is 33.2 Å². The zero-order valence-corrected chi connectivity index (χ0v) is 52.2. The fourth-order valence-electron chi connectivity index (χ4n) is 9.15. The van der Waals surface area contributed by atoms with Gasteiger partial charge in [-0.2, -0.15) is 0 Å². The molecule has 18 nitrogen and oxygen atoms in total. The Bertz CT molecular complexity index is 3870. The van der Waals surface area contributed by atoms with Gasteiger partial charge in [0.15, 0.2) is 0 Å². The third-order valence-corrected chi connectivity index (χ3v) is 15.1. The van der Waals surface area contributed by atoms with Crippen molar-refractivity contribution in [1.82, 2.24) is 4.98 Å². The van der Waals surface area contributed by atoms with E-state index >= 15 is 0 Å². The van der Waals surface area contributed by atoms with Gasteiger partial charge in [-0.25, -0.2) is 38.5 Å². The normalized spacial score (nSPS) is 10.8. The molecular weight excluding hydrogens is 1210 g/mol. The Morgan fingerprint density at radius 2 is 0.624 bits per heavy atom. The summed E-state index contributed by atoms with van der Waals surface area (Å²) in [6, 6.07) is 43.2. The zero-order valence-electron chi connectivity index (χ0n) is 51.4. The number of nitrogens with zero attached hydrogens (tertiary/aromatic N) is 1. The number of carbonyl (C=O) groups excluding carboxylic acids is 7. The highest BCUT2D eigenvalue weighted by atomic mass is 32.2. The van der Waals surface area contributed by atoms with Crippen molar-refractivity contribution in [2.45, 2.75) is 87.0 Å². The van der Waals surface area contributed by atoms with E-state index < -0.39 is 41.8 Å². The van der Waals surface area contributed by atoms with Gasteiger partial charge in [0.05, 0.1) is 67.4 Å². The average molecular weight is 1280 g/mol. The van der Waals surface area contributed by atoms with Crippen LogP contribution in [0.3, 0.4) is 0 Å². The molecule has 19 heteroatoms. The fourth-order valence-corrected chi connectivity index (χ4v) is 10.1. The lowest BCUT2D eigenvalue weighted by atomic mass is 10.0. The smallest absolute Gasteiger partial charge is 0.343 e. The van der Waals surface area contributed by atoms with Gasteiger partial charge in [-0.05, 0) is 228 Å². The van der Waals surface area contributed by atoms with Gasteiger partial charge >= 0.3 is 41.8 Å². The molecule has 0 aliphatic rings. The number of esters is 7. The van der Waals surface area contributed by atoms with Crippen LogP contribution in [0.1, 0.15) is 118 Å². The first-order valence-electron chi connectivity index (χ1n) is 30.5. The molecule has 0 fully saturated rings. The molecule has 8 rings (SSSR count). The molecule has 0 amide bonds. The molecule has 0 saturated carbocycles. The lowest BCUT2D eigenvalue weighted by Crippen LogP contribution is -2.11. The molecule has 93 heavy (non-hydrogen) atoms. The first kappa shape index (κ1) is 68.4. The molecule has 0 saturated heterocycles. The van der Waals surface area contributed by atoms with Crippen molar-refractivity contribution in [3.63, 3.8) is 0 Å². The highest BCUT2D eigenvalue weighted by Crippen LogP contribution is 2.38. The van der Waals surface area contributed by atoms with Crippen LogP contribution in [0.5, 0.6) is 40.2 Å². The molecule has 1 aromatic heterocycles. The summed E-state index contributed by atoms with van der Waals surface area (Å²) in [6.07, 6.45) is 13.6. The maximum atomic E-state index is 13.9. The average Bonchev–Trinajstić information content (AvgIpc) is 0.797. The van der Waals surface area contributed by atoms with E-state index in [4.69, 9.17) is 52.4 Å². The molecule has 0 radical (unpaired) electrons. The predicted octanol–water partition coefficient (Wildman–Crippen LogP) is 15.4. The van der Waals surface area contributed by atoms with Gasteiger partial charge in [-0.15, -0.1) is 0 Å². The minimum absolute atomic E-state index is 0.193. The molecule has 0 aliphatic heterocycles. The summed E-state index contributed by atoms with van der Waals surface area (Å²) >= 11 is 1.35. The number of aromatic nitrogens is 1. The van der Waals surface area contributed by atoms with Crippen LogP contribution in [0.4, 0.5) is 0 Å². The third kappa shape index (κ3) is 22.1. The van der Waals surface area contributed by atoms with E-state index in [1.165, 1.54) is 60.3 Å². The molecule has 0 unspecified atom stereocenters. The van der Waals surface area contributed by atoms with Crippen molar-refractivity contribution in [3.05, 3.63) is 218 Å². The number of fused-ring (bicyclic) bond motifs is 3. The maximum Gasteiger partial charge on any atom is 0.343 e. The van der Waals surface area contributed by atoms with Crippen molar-refractivity contribution in [2.75, 3.05) is 39.6 Å². The standard InChI is InChI=1S/C74H71NO17S/c1-4-67(76)86-46-16-10-7-13-43-83-55-29-33-60(34-30-55)89-71(79)51-19-25-58(26-20-51)91-73(81)53-23-41-63-64-42-24-54(50-66(64)75-70(65(63)49-53)93-62-39-37-57(38-40-62)85-45-15-9-12-18-48-88-69(78)6-3)74(82)92-59-27-21-52(22-28-59)72(80)90-61-35-31-56(32-36-61)84-44-14-8-11-17-47-87-68(77)5-2/h4-6,19-42,49-50H,1-3,7-18,43-48H2. The molecule has 8 aromatic rings. The Balaban J connectivity index is 0.885. The Morgan fingerprint density at radius 3 is 1.00 bits per heavy atom. The Kier molecular flexibility index (Phi) is 26.7. The molecule has 1 heterocycles. The lowest BCUT2D eigenvalue weighted by molar-refractivity contribution is -0.138. The Morgan fingerprint density at radius 1 is 0.323 bits per heavy atom. The summed E-state index contributed by atoms with van der Waals surface area (Å²) in [4.78, 5) is 93.4. The van der Waals surface area contributed by atoms with E-state index in [1.54, 1.807) is 84.9 Å². The summed E-state index contributed by atoms with van der Waals surface area (Å²) in [6.45, 7) is 12.7. The second-order valence-electron chi connectivity index (χ2n) is 20.9. The Labute approximate surface area is 543 Å². The van der Waals surface area contributed by atoms with Crippen LogP contribution >= 0.6 is 11.8 Å². The number of hydrogen-bond acceptors (Lipinski definition) is 19. The summed E-state index contributed by atoms with van der Waals surface area (Å²) in [5, 5.41) is 2.61. The molecule has 480 valence electrons. The number of hydrogen-bond donors (Lipinski definition) is 0. The molecule has 0 N–H and O–H groups in total. The number of benzene rings is 7. The van der Waals surface area contributed by atoms with Crippen LogP contribution in [-0.2, 0) is 28.6 Å². The summed E-state index contributed by atoms with van der Waals surface area (Å²) in [5.41, 5.74) is 1.39. The van der Waals surface area contributed by atoms with Crippen LogP contribution in [0.2, 0.25) is 0 Å².